The number of carboxylic acids is 1. The molecule has 0 aliphatic heterocycles. The second-order valence-corrected chi connectivity index (χ2v) is 6.82. The smallest absolute Gasteiger partial charge is 0.481 e. The fraction of sp³-hybridized carbons (Fsp3) is 0.778. The van der Waals surface area contributed by atoms with Crippen molar-refractivity contribution in [2.75, 3.05) is 0 Å². The molecule has 0 aromatic heterocycles. The van der Waals surface area contributed by atoms with E-state index in [0.717, 1.165) is 13.8 Å². The zero-order valence-electron chi connectivity index (χ0n) is 17.3. The number of ether oxygens (including phenoxy) is 3. The van der Waals surface area contributed by atoms with E-state index < -0.39 is 54.5 Å². The van der Waals surface area contributed by atoms with Crippen LogP contribution in [0.5, 0.6) is 0 Å². The van der Waals surface area contributed by atoms with Crippen molar-refractivity contribution in [1.82, 2.24) is 0 Å². The predicted octanol–water partition coefficient (Wildman–Crippen LogP) is 3.91. The molecular formula is C18H24F6O8. The van der Waals surface area contributed by atoms with Gasteiger partial charge in [-0.3, -0.25) is 9.59 Å². The van der Waals surface area contributed by atoms with E-state index in [1.165, 1.54) is 0 Å². The molecule has 1 N–H and O–H groups in total. The Morgan fingerprint density at radius 3 is 1.72 bits per heavy atom. The third-order valence-electron chi connectivity index (χ3n) is 4.09. The van der Waals surface area contributed by atoms with Gasteiger partial charge in [-0.1, -0.05) is 25.7 Å². The number of halogens is 6. The number of carbonyl (C=O) groups is 4. The number of carboxylic acid groups (broad SMARTS) is 1. The van der Waals surface area contributed by atoms with Gasteiger partial charge < -0.3 is 19.3 Å². The highest BCUT2D eigenvalue weighted by Crippen LogP contribution is 2.25. The largest absolute Gasteiger partial charge is 0.491 e. The zero-order valence-corrected chi connectivity index (χ0v) is 17.3. The van der Waals surface area contributed by atoms with Crippen molar-refractivity contribution < 1.29 is 64.8 Å². The number of carbonyl (C=O) groups excluding carboxylic acids is 3. The van der Waals surface area contributed by atoms with Gasteiger partial charge in [0.25, 0.3) is 0 Å². The third kappa shape index (κ3) is 12.3. The van der Waals surface area contributed by atoms with Crippen molar-refractivity contribution >= 4 is 23.9 Å². The summed E-state index contributed by atoms with van der Waals surface area (Å²) >= 11 is 0. The van der Waals surface area contributed by atoms with Crippen LogP contribution in [0.2, 0.25) is 0 Å². The van der Waals surface area contributed by atoms with Crippen LogP contribution in [-0.2, 0) is 33.4 Å². The zero-order chi connectivity index (χ0) is 25.1. The summed E-state index contributed by atoms with van der Waals surface area (Å²) in [5.74, 6) is -8.96. The van der Waals surface area contributed by atoms with Gasteiger partial charge in [0.1, 0.15) is 6.10 Å². The van der Waals surface area contributed by atoms with Gasteiger partial charge in [0.05, 0.1) is 5.92 Å². The maximum atomic E-state index is 12.4. The quantitative estimate of drug-likeness (QED) is 0.182. The molecule has 14 heteroatoms. The van der Waals surface area contributed by atoms with Crippen LogP contribution in [0.4, 0.5) is 26.3 Å². The molecule has 0 rings (SSSR count). The number of alkyl halides is 6. The molecule has 0 aromatic rings. The van der Waals surface area contributed by atoms with Gasteiger partial charge >= 0.3 is 36.2 Å². The second-order valence-electron chi connectivity index (χ2n) is 6.82. The first-order chi connectivity index (χ1) is 14.6. The minimum absolute atomic E-state index is 0.0338. The van der Waals surface area contributed by atoms with Crippen molar-refractivity contribution in [1.29, 1.82) is 0 Å². The summed E-state index contributed by atoms with van der Waals surface area (Å²) in [5, 5.41) is 8.54. The highest BCUT2D eigenvalue weighted by atomic mass is 19.4. The van der Waals surface area contributed by atoms with Gasteiger partial charge in [0, 0.05) is 13.3 Å². The van der Waals surface area contributed by atoms with Crippen LogP contribution in [0, 0.1) is 5.92 Å². The fourth-order valence-corrected chi connectivity index (χ4v) is 2.53. The average molecular weight is 482 g/mol. The molecule has 8 nitrogen and oxygen atoms in total. The molecule has 0 heterocycles. The number of rotatable bonds is 13. The van der Waals surface area contributed by atoms with Crippen molar-refractivity contribution in [3.05, 3.63) is 0 Å². The molecule has 186 valence electrons. The molecule has 0 fully saturated rings. The summed E-state index contributed by atoms with van der Waals surface area (Å²) in [6.07, 6.45) is -12.3. The summed E-state index contributed by atoms with van der Waals surface area (Å²) in [6.45, 7) is 1.78. The molecule has 3 unspecified atom stereocenters. The van der Waals surface area contributed by atoms with Gasteiger partial charge in [0.2, 0.25) is 6.29 Å². The van der Waals surface area contributed by atoms with Crippen LogP contribution >= 0.6 is 0 Å². The van der Waals surface area contributed by atoms with Crippen LogP contribution in [0.1, 0.15) is 58.8 Å². The van der Waals surface area contributed by atoms with Crippen molar-refractivity contribution in [3.8, 4) is 0 Å². The highest BCUT2D eigenvalue weighted by Gasteiger charge is 2.44. The lowest BCUT2D eigenvalue weighted by Gasteiger charge is -2.24. The highest BCUT2D eigenvalue weighted by molar-refractivity contribution is 5.78. The number of unbranched alkanes of at least 4 members (excludes halogenated alkanes) is 4. The first kappa shape index (κ1) is 29.5. The average Bonchev–Trinajstić information content (AvgIpc) is 2.61. The number of hydrogen-bond acceptors (Lipinski definition) is 7. The molecule has 0 radical (unpaired) electrons. The Kier molecular flexibility index (Phi) is 12.1. The SMILES string of the molecule is CC(OC(=O)C(CCCCCCCC(=O)O)C(C)OC(=O)C(F)(F)F)OC(=O)C(F)(F)F. The summed E-state index contributed by atoms with van der Waals surface area (Å²) < 4.78 is 86.6. The Bertz CT molecular complexity index is 646. The summed E-state index contributed by atoms with van der Waals surface area (Å²) in [4.78, 5) is 44.5. The van der Waals surface area contributed by atoms with Crippen molar-refractivity contribution in [2.45, 2.75) is 83.5 Å². The van der Waals surface area contributed by atoms with E-state index >= 15 is 0 Å². The maximum absolute atomic E-state index is 12.4. The van der Waals surface area contributed by atoms with Gasteiger partial charge in [-0.05, 0) is 19.8 Å². The molecular weight excluding hydrogens is 458 g/mol. The third-order valence-corrected chi connectivity index (χ3v) is 4.09. The van der Waals surface area contributed by atoms with Gasteiger partial charge in [-0.15, -0.1) is 0 Å². The maximum Gasteiger partial charge on any atom is 0.491 e. The van der Waals surface area contributed by atoms with Gasteiger partial charge in [-0.25, -0.2) is 9.59 Å². The molecule has 0 aliphatic rings. The summed E-state index contributed by atoms with van der Waals surface area (Å²) in [7, 11) is 0. The molecule has 0 saturated carbocycles. The van der Waals surface area contributed by atoms with Gasteiger partial charge in [0.15, 0.2) is 0 Å². The van der Waals surface area contributed by atoms with E-state index in [1.807, 2.05) is 0 Å². The topological polar surface area (TPSA) is 116 Å². The van der Waals surface area contributed by atoms with Crippen LogP contribution in [0.25, 0.3) is 0 Å². The lowest BCUT2D eigenvalue weighted by atomic mass is 9.95. The molecule has 0 spiro atoms. The molecule has 0 saturated heterocycles. The summed E-state index contributed by atoms with van der Waals surface area (Å²) in [6, 6.07) is 0. The number of hydrogen-bond donors (Lipinski definition) is 1. The molecule has 3 atom stereocenters. The van der Waals surface area contributed by atoms with E-state index in [9.17, 15) is 45.5 Å². The van der Waals surface area contributed by atoms with E-state index in [2.05, 4.69) is 14.2 Å². The second kappa shape index (κ2) is 13.1. The van der Waals surface area contributed by atoms with E-state index in [1.54, 1.807) is 0 Å². The first-order valence-corrected chi connectivity index (χ1v) is 9.53. The molecule has 32 heavy (non-hydrogen) atoms. The Balaban J connectivity index is 4.96. The first-order valence-electron chi connectivity index (χ1n) is 9.53. The molecule has 0 amide bonds. The Morgan fingerprint density at radius 1 is 0.750 bits per heavy atom. The number of aliphatic carboxylic acids is 1. The lowest BCUT2D eigenvalue weighted by molar-refractivity contribution is -0.225. The number of esters is 3. The molecule has 0 aliphatic carbocycles. The summed E-state index contributed by atoms with van der Waals surface area (Å²) in [5.41, 5.74) is 0. The fourth-order valence-electron chi connectivity index (χ4n) is 2.53. The molecule has 0 aromatic carbocycles. The van der Waals surface area contributed by atoms with E-state index in [4.69, 9.17) is 5.11 Å². The van der Waals surface area contributed by atoms with Crippen molar-refractivity contribution in [3.63, 3.8) is 0 Å². The minimum Gasteiger partial charge on any atom is -0.481 e. The normalized spacial score (nSPS) is 14.8. The van der Waals surface area contributed by atoms with Crippen LogP contribution in [-0.4, -0.2) is 53.7 Å². The van der Waals surface area contributed by atoms with Crippen LogP contribution in [0.3, 0.4) is 0 Å². The predicted molar refractivity (Wildman–Crippen MR) is 92.8 cm³/mol. The monoisotopic (exact) mass is 482 g/mol. The molecule has 0 bridgehead atoms. The standard InChI is InChI=1S/C18H24F6O8/c1-10(30-15(28)17(19,20)21)12(8-6-4-3-5-7-9-13(25)26)14(27)31-11(2)32-16(29)18(22,23)24/h10-12H,3-9H2,1-2H3,(H,25,26). The minimum atomic E-state index is -5.35. The van der Waals surface area contributed by atoms with Crippen LogP contribution in [0.15, 0.2) is 0 Å². The lowest BCUT2D eigenvalue weighted by Crippen LogP contribution is -2.38. The van der Waals surface area contributed by atoms with E-state index in [-0.39, 0.29) is 19.3 Å². The van der Waals surface area contributed by atoms with Crippen molar-refractivity contribution in [2.24, 2.45) is 5.92 Å². The van der Waals surface area contributed by atoms with E-state index in [0.29, 0.717) is 25.7 Å². The Morgan fingerprint density at radius 2 is 1.22 bits per heavy atom. The van der Waals surface area contributed by atoms with Crippen LogP contribution < -0.4 is 0 Å². The Hall–Kier alpha value is -2.54. The van der Waals surface area contributed by atoms with Gasteiger partial charge in [-0.2, -0.15) is 26.3 Å². The Labute approximate surface area is 179 Å².